The minimum absolute atomic E-state index is 0.0137. The number of likely N-dealkylation sites (tertiary alicyclic amines) is 1. The van der Waals surface area contributed by atoms with E-state index >= 15 is 0 Å². The number of carbonyl (C=O) groups excluding carboxylic acids is 1. The lowest BCUT2D eigenvalue weighted by atomic mass is 9.96. The van der Waals surface area contributed by atoms with Crippen molar-refractivity contribution in [2.24, 2.45) is 11.8 Å². The average molecular weight is 376 g/mol. The van der Waals surface area contributed by atoms with Gasteiger partial charge in [0.15, 0.2) is 6.61 Å². The van der Waals surface area contributed by atoms with Crippen molar-refractivity contribution in [3.05, 3.63) is 29.8 Å². The number of benzene rings is 1. The van der Waals surface area contributed by atoms with Crippen molar-refractivity contribution in [2.45, 2.75) is 33.0 Å². The third-order valence-electron chi connectivity index (χ3n) is 5.53. The fourth-order valence-electron chi connectivity index (χ4n) is 4.19. The maximum Gasteiger partial charge on any atom is 0.260 e. The molecule has 0 saturated carbocycles. The summed E-state index contributed by atoms with van der Waals surface area (Å²) < 4.78 is 11.4. The Hall–Kier alpha value is -1.63. The predicted molar refractivity (Wildman–Crippen MR) is 104 cm³/mol. The van der Waals surface area contributed by atoms with E-state index in [0.29, 0.717) is 18.8 Å². The number of ether oxygens (including phenoxy) is 2. The SMILES string of the molecule is Cc1ccc(OCC(=O)N2C[C@@H](CN3C[C@@H](C)O[C@@H](C)C3)[C@@H](CO)C2)cc1. The van der Waals surface area contributed by atoms with Crippen molar-refractivity contribution in [1.29, 1.82) is 0 Å². The number of rotatable bonds is 6. The number of carbonyl (C=O) groups is 1. The van der Waals surface area contributed by atoms with Gasteiger partial charge in [0.25, 0.3) is 5.91 Å². The summed E-state index contributed by atoms with van der Waals surface area (Å²) in [6.45, 7) is 10.4. The summed E-state index contributed by atoms with van der Waals surface area (Å²) in [5, 5.41) is 9.79. The van der Waals surface area contributed by atoms with E-state index in [1.807, 2.05) is 36.1 Å². The fourth-order valence-corrected chi connectivity index (χ4v) is 4.19. The van der Waals surface area contributed by atoms with Gasteiger partial charge in [-0.05, 0) is 38.8 Å². The highest BCUT2D eigenvalue weighted by Crippen LogP contribution is 2.26. The Kier molecular flexibility index (Phi) is 6.73. The van der Waals surface area contributed by atoms with Gasteiger partial charge < -0.3 is 19.5 Å². The molecule has 2 heterocycles. The lowest BCUT2D eigenvalue weighted by Crippen LogP contribution is -2.48. The highest BCUT2D eigenvalue weighted by atomic mass is 16.5. The standard InChI is InChI=1S/C21H32N2O4/c1-15-4-6-20(7-5-15)26-14-21(25)23-11-18(19(12-23)13-24)10-22-8-16(2)27-17(3)9-22/h4-7,16-19,24H,8-14H2,1-3H3/t16-,17+,18-,19-/m1/s1. The second-order valence-electron chi connectivity index (χ2n) is 8.08. The topological polar surface area (TPSA) is 62.2 Å². The van der Waals surface area contributed by atoms with Gasteiger partial charge in [-0.3, -0.25) is 9.69 Å². The van der Waals surface area contributed by atoms with Crippen LogP contribution in [-0.4, -0.2) is 79.0 Å². The molecule has 2 aliphatic rings. The molecule has 0 spiro atoms. The molecule has 1 amide bonds. The van der Waals surface area contributed by atoms with E-state index in [9.17, 15) is 9.90 Å². The molecule has 2 fully saturated rings. The third-order valence-corrected chi connectivity index (χ3v) is 5.53. The number of aliphatic hydroxyl groups excluding tert-OH is 1. The molecule has 0 aliphatic carbocycles. The Bertz CT molecular complexity index is 611. The Morgan fingerprint density at radius 1 is 1.11 bits per heavy atom. The summed E-state index contributed by atoms with van der Waals surface area (Å²) in [4.78, 5) is 16.8. The Morgan fingerprint density at radius 2 is 1.74 bits per heavy atom. The molecule has 0 aromatic heterocycles. The average Bonchev–Trinajstić information content (AvgIpc) is 3.03. The van der Waals surface area contributed by atoms with Crippen molar-refractivity contribution in [3.63, 3.8) is 0 Å². The zero-order chi connectivity index (χ0) is 19.4. The van der Waals surface area contributed by atoms with Crippen LogP contribution in [0.2, 0.25) is 0 Å². The maximum absolute atomic E-state index is 12.6. The van der Waals surface area contributed by atoms with Gasteiger partial charge in [-0.1, -0.05) is 17.7 Å². The van der Waals surface area contributed by atoms with Crippen molar-refractivity contribution < 1.29 is 19.4 Å². The first-order valence-corrected chi connectivity index (χ1v) is 9.90. The van der Waals surface area contributed by atoms with Crippen LogP contribution in [0.5, 0.6) is 5.75 Å². The lowest BCUT2D eigenvalue weighted by molar-refractivity contribution is -0.132. The molecule has 1 N–H and O–H groups in total. The number of aliphatic hydroxyl groups is 1. The lowest BCUT2D eigenvalue weighted by Gasteiger charge is -2.37. The molecule has 1 aromatic carbocycles. The molecule has 4 atom stereocenters. The zero-order valence-electron chi connectivity index (χ0n) is 16.6. The van der Waals surface area contributed by atoms with Crippen LogP contribution in [-0.2, 0) is 9.53 Å². The maximum atomic E-state index is 12.6. The molecule has 3 rings (SSSR count). The number of aryl methyl sites for hydroxylation is 1. The molecule has 0 unspecified atom stereocenters. The molecule has 2 saturated heterocycles. The quantitative estimate of drug-likeness (QED) is 0.816. The molecular formula is C21H32N2O4. The van der Waals surface area contributed by atoms with Crippen LogP contribution in [0.1, 0.15) is 19.4 Å². The molecule has 150 valence electrons. The van der Waals surface area contributed by atoms with Gasteiger partial charge in [0, 0.05) is 45.2 Å². The Balaban J connectivity index is 1.51. The summed E-state index contributed by atoms with van der Waals surface area (Å²) in [5.74, 6) is 1.11. The summed E-state index contributed by atoms with van der Waals surface area (Å²) in [7, 11) is 0. The minimum Gasteiger partial charge on any atom is -0.484 e. The number of hydrogen-bond donors (Lipinski definition) is 1. The van der Waals surface area contributed by atoms with Crippen molar-refractivity contribution in [1.82, 2.24) is 9.80 Å². The van der Waals surface area contributed by atoms with E-state index in [0.717, 1.165) is 25.2 Å². The normalized spacial score (nSPS) is 29.1. The highest BCUT2D eigenvalue weighted by Gasteiger charge is 2.37. The third kappa shape index (κ3) is 5.43. The van der Waals surface area contributed by atoms with Crippen LogP contribution in [0, 0.1) is 18.8 Å². The zero-order valence-corrected chi connectivity index (χ0v) is 16.6. The van der Waals surface area contributed by atoms with Crippen LogP contribution in [0.4, 0.5) is 0 Å². The second-order valence-corrected chi connectivity index (χ2v) is 8.08. The Labute approximate surface area is 162 Å². The molecule has 0 radical (unpaired) electrons. The van der Waals surface area contributed by atoms with Gasteiger partial charge in [0.2, 0.25) is 0 Å². The first-order chi connectivity index (χ1) is 12.9. The van der Waals surface area contributed by atoms with E-state index < -0.39 is 0 Å². The van der Waals surface area contributed by atoms with Gasteiger partial charge in [0.1, 0.15) is 5.75 Å². The number of nitrogens with zero attached hydrogens (tertiary/aromatic N) is 2. The minimum atomic E-state index is -0.0137. The second kappa shape index (κ2) is 9.04. The molecule has 2 aliphatic heterocycles. The summed E-state index contributed by atoms with van der Waals surface area (Å²) in [5.41, 5.74) is 1.16. The van der Waals surface area contributed by atoms with Crippen LogP contribution in [0.15, 0.2) is 24.3 Å². The predicted octanol–water partition coefficient (Wildman–Crippen LogP) is 1.55. The monoisotopic (exact) mass is 376 g/mol. The van der Waals surface area contributed by atoms with Crippen molar-refractivity contribution in [2.75, 3.05) is 45.9 Å². The van der Waals surface area contributed by atoms with Crippen molar-refractivity contribution in [3.8, 4) is 5.75 Å². The van der Waals surface area contributed by atoms with E-state index in [1.165, 1.54) is 0 Å². The van der Waals surface area contributed by atoms with Gasteiger partial charge in [-0.25, -0.2) is 0 Å². The van der Waals surface area contributed by atoms with Gasteiger partial charge in [0.05, 0.1) is 12.2 Å². The Morgan fingerprint density at radius 3 is 2.37 bits per heavy atom. The molecule has 6 nitrogen and oxygen atoms in total. The first-order valence-electron chi connectivity index (χ1n) is 9.90. The van der Waals surface area contributed by atoms with Crippen LogP contribution < -0.4 is 4.74 Å². The van der Waals surface area contributed by atoms with Gasteiger partial charge in [-0.15, -0.1) is 0 Å². The summed E-state index contributed by atoms with van der Waals surface area (Å²) in [6, 6.07) is 7.70. The molecule has 0 bridgehead atoms. The number of morpholine rings is 1. The van der Waals surface area contributed by atoms with E-state index in [1.54, 1.807) is 0 Å². The smallest absolute Gasteiger partial charge is 0.260 e. The first kappa shape index (κ1) is 20.1. The van der Waals surface area contributed by atoms with Crippen LogP contribution in [0.3, 0.4) is 0 Å². The molecule has 27 heavy (non-hydrogen) atoms. The number of hydrogen-bond acceptors (Lipinski definition) is 5. The summed E-state index contributed by atoms with van der Waals surface area (Å²) in [6.07, 6.45) is 0.451. The van der Waals surface area contributed by atoms with Crippen LogP contribution in [0.25, 0.3) is 0 Å². The van der Waals surface area contributed by atoms with Crippen molar-refractivity contribution >= 4 is 5.91 Å². The highest BCUT2D eigenvalue weighted by molar-refractivity contribution is 5.78. The number of amides is 1. The van der Waals surface area contributed by atoms with Crippen LogP contribution >= 0.6 is 0 Å². The summed E-state index contributed by atoms with van der Waals surface area (Å²) >= 11 is 0. The largest absolute Gasteiger partial charge is 0.484 e. The van der Waals surface area contributed by atoms with E-state index in [2.05, 4.69) is 18.7 Å². The fraction of sp³-hybridized carbons (Fsp3) is 0.667. The molecule has 1 aromatic rings. The molecule has 6 heteroatoms. The van der Waals surface area contributed by atoms with Gasteiger partial charge >= 0.3 is 0 Å². The van der Waals surface area contributed by atoms with Gasteiger partial charge in [-0.2, -0.15) is 0 Å². The molecular weight excluding hydrogens is 344 g/mol. The van der Waals surface area contributed by atoms with E-state index in [-0.39, 0.29) is 43.2 Å². The van der Waals surface area contributed by atoms with E-state index in [4.69, 9.17) is 9.47 Å².